The number of hydrogen-bond donors (Lipinski definition) is 3. The number of carbonyl (C=O) groups excluding carboxylic acids is 1. The van der Waals surface area contributed by atoms with Crippen LogP contribution in [-0.4, -0.2) is 28.9 Å². The maximum atomic E-state index is 11.7. The molecule has 1 saturated carbocycles. The molecule has 2 rings (SSSR count). The monoisotopic (exact) mass is 320 g/mol. The Balaban J connectivity index is 1.77. The lowest BCUT2D eigenvalue weighted by atomic mass is 9.93. The molecule has 0 aliphatic heterocycles. The lowest BCUT2D eigenvalue weighted by Crippen LogP contribution is -2.34. The average molecular weight is 320 g/mol. The van der Waals surface area contributed by atoms with E-state index in [2.05, 4.69) is 10.6 Å². The molecule has 0 saturated heterocycles. The van der Waals surface area contributed by atoms with Gasteiger partial charge in [0, 0.05) is 18.3 Å². The van der Waals surface area contributed by atoms with E-state index in [9.17, 15) is 9.90 Å². The van der Waals surface area contributed by atoms with E-state index < -0.39 is 11.7 Å². The molecule has 0 heterocycles. The minimum atomic E-state index is -0.498. The van der Waals surface area contributed by atoms with Gasteiger partial charge in [-0.15, -0.1) is 0 Å². The van der Waals surface area contributed by atoms with Gasteiger partial charge in [0.1, 0.15) is 5.60 Å². The van der Waals surface area contributed by atoms with Crippen LogP contribution in [0.3, 0.4) is 0 Å². The van der Waals surface area contributed by atoms with Crippen LogP contribution in [0.25, 0.3) is 0 Å². The molecule has 0 spiro atoms. The van der Waals surface area contributed by atoms with Gasteiger partial charge in [-0.3, -0.25) is 5.32 Å². The molecule has 0 atom stereocenters. The molecule has 1 aliphatic carbocycles. The first kappa shape index (κ1) is 17.8. The van der Waals surface area contributed by atoms with Crippen molar-refractivity contribution in [3.63, 3.8) is 0 Å². The molecular weight excluding hydrogens is 292 g/mol. The average Bonchev–Trinajstić information content (AvgIpc) is 2.46. The fraction of sp³-hybridized carbons (Fsp3) is 0.611. The van der Waals surface area contributed by atoms with Crippen LogP contribution in [0, 0.1) is 0 Å². The third kappa shape index (κ3) is 6.59. The summed E-state index contributed by atoms with van der Waals surface area (Å²) in [5, 5.41) is 15.8. The van der Waals surface area contributed by atoms with E-state index in [0.717, 1.165) is 37.9 Å². The zero-order valence-corrected chi connectivity index (χ0v) is 14.3. The van der Waals surface area contributed by atoms with Crippen LogP contribution in [0.4, 0.5) is 10.5 Å². The lowest BCUT2D eigenvalue weighted by Gasteiger charge is -2.26. The third-order valence-corrected chi connectivity index (χ3v) is 3.89. The van der Waals surface area contributed by atoms with Crippen molar-refractivity contribution in [2.45, 2.75) is 70.7 Å². The highest BCUT2D eigenvalue weighted by atomic mass is 16.6. The van der Waals surface area contributed by atoms with Crippen molar-refractivity contribution >= 4 is 11.8 Å². The normalized spacial score (nSPS) is 21.7. The predicted octanol–water partition coefficient (Wildman–Crippen LogP) is 3.43. The van der Waals surface area contributed by atoms with Crippen molar-refractivity contribution in [3.8, 4) is 0 Å². The second-order valence-electron chi connectivity index (χ2n) is 7.21. The van der Waals surface area contributed by atoms with Crippen LogP contribution in [0.5, 0.6) is 0 Å². The zero-order valence-electron chi connectivity index (χ0n) is 14.3. The number of rotatable bonds is 4. The summed E-state index contributed by atoms with van der Waals surface area (Å²) in [6, 6.07) is 8.24. The Morgan fingerprint density at radius 3 is 2.35 bits per heavy atom. The summed E-state index contributed by atoms with van der Waals surface area (Å²) < 4.78 is 5.22. The molecule has 0 aromatic heterocycles. The standard InChI is InChI=1S/C18H28N2O3/c1-18(2,3)23-17(22)20-15-6-4-13(5-7-15)12-19-14-8-10-16(21)11-9-14/h4-7,14,16,19,21H,8-12H2,1-3H3,(H,20,22). The molecule has 0 bridgehead atoms. The minimum absolute atomic E-state index is 0.119. The Labute approximate surface area is 138 Å². The van der Waals surface area contributed by atoms with Gasteiger partial charge in [0.25, 0.3) is 0 Å². The van der Waals surface area contributed by atoms with Crippen molar-refractivity contribution in [1.82, 2.24) is 5.32 Å². The quantitative estimate of drug-likeness (QED) is 0.795. The van der Waals surface area contributed by atoms with Crippen LogP contribution in [0.15, 0.2) is 24.3 Å². The van der Waals surface area contributed by atoms with Crippen LogP contribution < -0.4 is 10.6 Å². The van der Waals surface area contributed by atoms with Crippen molar-refractivity contribution in [2.24, 2.45) is 0 Å². The number of anilines is 1. The predicted molar refractivity (Wildman–Crippen MR) is 91.4 cm³/mol. The van der Waals surface area contributed by atoms with Gasteiger partial charge in [0.2, 0.25) is 0 Å². The van der Waals surface area contributed by atoms with Crippen LogP contribution >= 0.6 is 0 Å². The topological polar surface area (TPSA) is 70.6 Å². The van der Waals surface area contributed by atoms with Crippen molar-refractivity contribution in [2.75, 3.05) is 5.32 Å². The molecule has 1 amide bonds. The third-order valence-electron chi connectivity index (χ3n) is 3.89. The van der Waals surface area contributed by atoms with Gasteiger partial charge in [-0.05, 0) is 64.2 Å². The molecule has 23 heavy (non-hydrogen) atoms. The van der Waals surface area contributed by atoms with E-state index in [1.165, 1.54) is 5.56 Å². The number of carbonyl (C=O) groups is 1. The van der Waals surface area contributed by atoms with Gasteiger partial charge >= 0.3 is 6.09 Å². The van der Waals surface area contributed by atoms with Crippen molar-refractivity contribution in [3.05, 3.63) is 29.8 Å². The molecule has 0 unspecified atom stereocenters. The first-order valence-corrected chi connectivity index (χ1v) is 8.32. The highest BCUT2D eigenvalue weighted by Gasteiger charge is 2.18. The smallest absolute Gasteiger partial charge is 0.412 e. The van der Waals surface area contributed by atoms with E-state index in [1.54, 1.807) is 0 Å². The number of amides is 1. The molecule has 5 nitrogen and oxygen atoms in total. The van der Waals surface area contributed by atoms with E-state index >= 15 is 0 Å². The lowest BCUT2D eigenvalue weighted by molar-refractivity contribution is 0.0636. The zero-order chi connectivity index (χ0) is 16.9. The van der Waals surface area contributed by atoms with Crippen LogP contribution in [-0.2, 0) is 11.3 Å². The van der Waals surface area contributed by atoms with E-state index in [0.29, 0.717) is 6.04 Å². The maximum absolute atomic E-state index is 11.7. The minimum Gasteiger partial charge on any atom is -0.444 e. The fourth-order valence-electron chi connectivity index (χ4n) is 2.67. The molecule has 0 radical (unpaired) electrons. The largest absolute Gasteiger partial charge is 0.444 e. The Morgan fingerprint density at radius 1 is 1.17 bits per heavy atom. The number of hydrogen-bond acceptors (Lipinski definition) is 4. The summed E-state index contributed by atoms with van der Waals surface area (Å²) in [6.45, 7) is 6.32. The summed E-state index contributed by atoms with van der Waals surface area (Å²) in [7, 11) is 0. The molecular formula is C18H28N2O3. The first-order chi connectivity index (χ1) is 10.8. The van der Waals surface area contributed by atoms with Crippen LogP contribution in [0.1, 0.15) is 52.0 Å². The molecule has 1 aromatic carbocycles. The number of aliphatic hydroxyl groups is 1. The molecule has 5 heteroatoms. The SMILES string of the molecule is CC(C)(C)OC(=O)Nc1ccc(CNC2CCC(O)CC2)cc1. The Bertz CT molecular complexity index is 500. The first-order valence-electron chi connectivity index (χ1n) is 8.32. The molecule has 1 aliphatic rings. The highest BCUT2D eigenvalue weighted by Crippen LogP contribution is 2.19. The van der Waals surface area contributed by atoms with E-state index in [-0.39, 0.29) is 6.10 Å². The van der Waals surface area contributed by atoms with E-state index in [4.69, 9.17) is 4.74 Å². The summed E-state index contributed by atoms with van der Waals surface area (Å²) in [5.41, 5.74) is 1.40. The Morgan fingerprint density at radius 2 is 1.78 bits per heavy atom. The van der Waals surface area contributed by atoms with Crippen LogP contribution in [0.2, 0.25) is 0 Å². The van der Waals surface area contributed by atoms with Gasteiger partial charge in [0.05, 0.1) is 6.10 Å². The molecule has 3 N–H and O–H groups in total. The molecule has 1 aromatic rings. The van der Waals surface area contributed by atoms with Gasteiger partial charge in [-0.2, -0.15) is 0 Å². The highest BCUT2D eigenvalue weighted by molar-refractivity contribution is 5.84. The summed E-state index contributed by atoms with van der Waals surface area (Å²) in [5.74, 6) is 0. The van der Waals surface area contributed by atoms with Crippen molar-refractivity contribution in [1.29, 1.82) is 0 Å². The summed E-state index contributed by atoms with van der Waals surface area (Å²) in [6.07, 6.45) is 3.27. The van der Waals surface area contributed by atoms with Crippen molar-refractivity contribution < 1.29 is 14.6 Å². The van der Waals surface area contributed by atoms with Gasteiger partial charge in [-0.1, -0.05) is 12.1 Å². The van der Waals surface area contributed by atoms with Gasteiger partial charge in [-0.25, -0.2) is 4.79 Å². The second kappa shape index (κ2) is 7.79. The number of ether oxygens (including phenoxy) is 1. The Hall–Kier alpha value is -1.59. The number of nitrogens with one attached hydrogen (secondary N) is 2. The summed E-state index contributed by atoms with van der Waals surface area (Å²) >= 11 is 0. The molecule has 1 fully saturated rings. The number of benzene rings is 1. The summed E-state index contributed by atoms with van der Waals surface area (Å²) in [4.78, 5) is 11.7. The Kier molecular flexibility index (Phi) is 6.02. The maximum Gasteiger partial charge on any atom is 0.412 e. The molecule has 128 valence electrons. The second-order valence-corrected chi connectivity index (χ2v) is 7.21. The number of aliphatic hydroxyl groups excluding tert-OH is 1. The fourth-order valence-corrected chi connectivity index (χ4v) is 2.67. The van der Waals surface area contributed by atoms with Gasteiger partial charge < -0.3 is 15.2 Å². The van der Waals surface area contributed by atoms with E-state index in [1.807, 2.05) is 45.0 Å². The van der Waals surface area contributed by atoms with Gasteiger partial charge in [0.15, 0.2) is 0 Å².